The molecule has 1 aliphatic heterocycles. The Labute approximate surface area is 199 Å². The van der Waals surface area contributed by atoms with Crippen molar-refractivity contribution < 1.29 is 13.9 Å². The first-order valence-corrected chi connectivity index (χ1v) is 11.4. The summed E-state index contributed by atoms with van der Waals surface area (Å²) in [6, 6.07) is 3.20. The van der Waals surface area contributed by atoms with Gasteiger partial charge in [-0.15, -0.1) is 0 Å². The highest BCUT2D eigenvalue weighted by Gasteiger charge is 2.16. The molecule has 0 aliphatic carbocycles. The van der Waals surface area contributed by atoms with Crippen LogP contribution in [0.15, 0.2) is 42.3 Å². The molecule has 0 aromatic carbocycles. The number of halogens is 1. The lowest BCUT2D eigenvalue weighted by molar-refractivity contribution is 0.0930. The summed E-state index contributed by atoms with van der Waals surface area (Å²) in [5, 5.41) is 3.31. The van der Waals surface area contributed by atoms with E-state index in [1.54, 1.807) is 29.9 Å². The van der Waals surface area contributed by atoms with E-state index in [2.05, 4.69) is 40.6 Å². The van der Waals surface area contributed by atoms with Crippen LogP contribution in [0, 0.1) is 12.7 Å². The fraction of sp³-hybridized carbons (Fsp3) is 0.400. The lowest BCUT2D eigenvalue weighted by Gasteiger charge is -2.30. The predicted octanol–water partition coefficient (Wildman–Crippen LogP) is 3.65. The Morgan fingerprint density at radius 2 is 1.91 bits per heavy atom. The van der Waals surface area contributed by atoms with E-state index in [1.165, 1.54) is 31.1 Å². The van der Waals surface area contributed by atoms with Crippen LogP contribution < -0.4 is 20.4 Å². The Kier molecular flexibility index (Phi) is 8.22. The number of piperazine rings is 1. The number of hydrogen-bond donors (Lipinski definition) is 1. The van der Waals surface area contributed by atoms with Gasteiger partial charge in [0.2, 0.25) is 5.91 Å². The molecule has 0 saturated carbocycles. The second-order valence-corrected chi connectivity index (χ2v) is 8.17. The van der Waals surface area contributed by atoms with Gasteiger partial charge in [-0.2, -0.15) is 0 Å². The smallest absolute Gasteiger partial charge is 0.229 e. The molecule has 0 amide bonds. The molecule has 182 valence electrons. The number of nitrogens with zero attached hydrogens (tertiary/aromatic N) is 5. The number of hydrogen-bond acceptors (Lipinski definition) is 6. The Morgan fingerprint density at radius 3 is 2.53 bits per heavy atom. The van der Waals surface area contributed by atoms with Crippen molar-refractivity contribution in [2.75, 3.05) is 38.2 Å². The van der Waals surface area contributed by atoms with Crippen molar-refractivity contribution in [2.45, 2.75) is 34.1 Å². The minimum Gasteiger partial charge on any atom is -0.493 e. The molecule has 8 nitrogen and oxygen atoms in total. The number of carbonyl (C=O) groups excluding carboxylic acids is 1. The number of nitrogens with one attached hydrogen (secondary N) is 1. The van der Waals surface area contributed by atoms with Crippen molar-refractivity contribution in [2.24, 2.45) is 4.99 Å². The molecule has 34 heavy (non-hydrogen) atoms. The zero-order chi connectivity index (χ0) is 24.8. The second-order valence-electron chi connectivity index (χ2n) is 8.17. The molecule has 0 atom stereocenters. The normalized spacial score (nSPS) is 14.1. The molecule has 3 aromatic rings. The van der Waals surface area contributed by atoms with Gasteiger partial charge >= 0.3 is 0 Å². The van der Waals surface area contributed by atoms with Crippen LogP contribution in [0.2, 0.25) is 0 Å². The number of aryl methyl sites for hydroxylation is 1. The zero-order valence-electron chi connectivity index (χ0n) is 20.6. The van der Waals surface area contributed by atoms with Crippen LogP contribution in [0.25, 0.3) is 11.3 Å². The van der Waals surface area contributed by atoms with E-state index in [1.807, 2.05) is 6.07 Å². The van der Waals surface area contributed by atoms with Gasteiger partial charge in [0.15, 0.2) is 22.7 Å². The average molecular weight is 469 g/mol. The second kappa shape index (κ2) is 11.1. The van der Waals surface area contributed by atoms with Gasteiger partial charge in [-0.05, 0) is 13.0 Å². The fourth-order valence-corrected chi connectivity index (χ4v) is 3.67. The molecular weight excluding hydrogens is 435 g/mol. The predicted molar refractivity (Wildman–Crippen MR) is 133 cm³/mol. The van der Waals surface area contributed by atoms with Crippen molar-refractivity contribution >= 4 is 22.9 Å². The van der Waals surface area contributed by atoms with Crippen molar-refractivity contribution in [1.82, 2.24) is 19.3 Å². The standard InChI is InChI=1S/C22H25FN6O2.C3H8/c1-14-11-28-12-17(9-19(23)21(28)25-14)15(2)26-22-20(31-4)10-18(13-29(22)16(3)30)27-7-5-24-6-8-27;1-3-2/h9-13,24H,2,5-8H2,1,3-4H3;3H2,1-2H3. The van der Waals surface area contributed by atoms with Crippen molar-refractivity contribution in [1.29, 1.82) is 0 Å². The van der Waals surface area contributed by atoms with Gasteiger partial charge in [-0.3, -0.25) is 9.36 Å². The Morgan fingerprint density at radius 1 is 1.24 bits per heavy atom. The van der Waals surface area contributed by atoms with Crippen LogP contribution in [0.4, 0.5) is 10.1 Å². The van der Waals surface area contributed by atoms with Crippen LogP contribution >= 0.6 is 0 Å². The van der Waals surface area contributed by atoms with E-state index in [-0.39, 0.29) is 11.6 Å². The number of rotatable bonds is 4. The maximum Gasteiger partial charge on any atom is 0.229 e. The van der Waals surface area contributed by atoms with Gasteiger partial charge in [0.05, 0.1) is 24.2 Å². The first-order chi connectivity index (χ1) is 16.3. The molecule has 1 N–H and O–H groups in total. The highest BCUT2D eigenvalue weighted by molar-refractivity contribution is 5.77. The van der Waals surface area contributed by atoms with Gasteiger partial charge in [-0.1, -0.05) is 26.8 Å². The molecule has 4 heterocycles. The third kappa shape index (κ3) is 5.53. The van der Waals surface area contributed by atoms with E-state index < -0.39 is 5.82 Å². The van der Waals surface area contributed by atoms with Crippen LogP contribution in [-0.4, -0.2) is 53.1 Å². The van der Waals surface area contributed by atoms with E-state index >= 15 is 0 Å². The monoisotopic (exact) mass is 468 g/mol. The van der Waals surface area contributed by atoms with Crippen LogP contribution in [0.5, 0.6) is 5.75 Å². The SMILES string of the molecule is C=C(N=c1c(OC)cc(N2CCNCC2)cn1C(C)=O)c1cc(F)c2nc(C)cn2c1.CCC. The third-order valence-electron chi connectivity index (χ3n) is 5.23. The molecular formula is C25H33FN6O2. The number of ether oxygens (including phenoxy) is 1. The number of imidazole rings is 1. The Hall–Kier alpha value is -3.46. The number of carbonyl (C=O) groups is 1. The molecule has 4 rings (SSSR count). The quantitative estimate of drug-likeness (QED) is 0.633. The maximum absolute atomic E-state index is 14.5. The molecule has 1 saturated heterocycles. The summed E-state index contributed by atoms with van der Waals surface area (Å²) < 4.78 is 23.1. The van der Waals surface area contributed by atoms with E-state index in [0.717, 1.165) is 31.9 Å². The zero-order valence-corrected chi connectivity index (χ0v) is 20.6. The summed E-state index contributed by atoms with van der Waals surface area (Å²) in [6.45, 7) is 14.9. The summed E-state index contributed by atoms with van der Waals surface area (Å²) >= 11 is 0. The molecule has 0 spiro atoms. The number of methoxy groups -OCH3 is 1. The lowest BCUT2D eigenvalue weighted by atomic mass is 10.2. The fourth-order valence-electron chi connectivity index (χ4n) is 3.67. The Bertz CT molecular complexity index is 1250. The highest BCUT2D eigenvalue weighted by atomic mass is 19.1. The summed E-state index contributed by atoms with van der Waals surface area (Å²) in [6.07, 6.45) is 6.45. The molecule has 0 radical (unpaired) electrons. The topological polar surface area (TPSA) is 76.2 Å². The van der Waals surface area contributed by atoms with Crippen molar-refractivity contribution in [3.05, 3.63) is 59.9 Å². The molecule has 1 fully saturated rings. The average Bonchev–Trinajstić information content (AvgIpc) is 3.20. The minimum atomic E-state index is -0.470. The third-order valence-corrected chi connectivity index (χ3v) is 5.23. The largest absolute Gasteiger partial charge is 0.493 e. The number of aromatic nitrogens is 3. The van der Waals surface area contributed by atoms with Crippen molar-refractivity contribution in [3.8, 4) is 5.75 Å². The molecule has 9 heteroatoms. The lowest BCUT2D eigenvalue weighted by Crippen LogP contribution is -2.44. The Balaban J connectivity index is 0.00000103. The summed E-state index contributed by atoms with van der Waals surface area (Å²) in [5.41, 5.74) is 2.91. The maximum atomic E-state index is 14.5. The molecule has 3 aromatic heterocycles. The van der Waals surface area contributed by atoms with E-state index in [0.29, 0.717) is 28.2 Å². The van der Waals surface area contributed by atoms with Gasteiger partial charge in [0, 0.05) is 63.3 Å². The van der Waals surface area contributed by atoms with Gasteiger partial charge in [-0.25, -0.2) is 14.4 Å². The number of fused-ring (bicyclic) bond motifs is 1. The number of anilines is 1. The van der Waals surface area contributed by atoms with Crippen LogP contribution in [0.1, 0.15) is 43.2 Å². The molecule has 0 bridgehead atoms. The van der Waals surface area contributed by atoms with Crippen molar-refractivity contribution in [3.63, 3.8) is 0 Å². The molecule has 0 unspecified atom stereocenters. The molecule has 1 aliphatic rings. The van der Waals surface area contributed by atoms with Gasteiger partial charge in [0.25, 0.3) is 0 Å². The van der Waals surface area contributed by atoms with Crippen LogP contribution in [-0.2, 0) is 0 Å². The first kappa shape index (κ1) is 25.2. The first-order valence-electron chi connectivity index (χ1n) is 11.4. The summed E-state index contributed by atoms with van der Waals surface area (Å²) in [7, 11) is 1.53. The van der Waals surface area contributed by atoms with Gasteiger partial charge in [0.1, 0.15) is 0 Å². The van der Waals surface area contributed by atoms with E-state index in [4.69, 9.17) is 4.74 Å². The minimum absolute atomic E-state index is 0.214. The number of pyridine rings is 2. The van der Waals surface area contributed by atoms with Crippen LogP contribution in [0.3, 0.4) is 0 Å². The van der Waals surface area contributed by atoms with E-state index in [9.17, 15) is 9.18 Å². The highest BCUT2D eigenvalue weighted by Crippen LogP contribution is 2.21. The summed E-state index contributed by atoms with van der Waals surface area (Å²) in [5.74, 6) is -0.247. The summed E-state index contributed by atoms with van der Waals surface area (Å²) in [4.78, 5) is 23.3. The van der Waals surface area contributed by atoms with Gasteiger partial charge < -0.3 is 19.4 Å².